The van der Waals surface area contributed by atoms with Crippen molar-refractivity contribution in [1.82, 2.24) is 4.90 Å². The topological polar surface area (TPSA) is 39.2 Å². The van der Waals surface area contributed by atoms with E-state index in [0.717, 1.165) is 42.4 Å². The molecule has 0 spiro atoms. The summed E-state index contributed by atoms with van der Waals surface area (Å²) in [4.78, 5) is 23.1. The smallest absolute Gasteiger partial charge is 0.296 e. The molecule has 0 aliphatic carbocycles. The van der Waals surface area contributed by atoms with E-state index in [0.29, 0.717) is 5.70 Å². The highest BCUT2D eigenvalue weighted by atomic mass is 16.2. The van der Waals surface area contributed by atoms with Crippen molar-refractivity contribution in [1.29, 1.82) is 0 Å². The number of amides is 1. The quantitative estimate of drug-likeness (QED) is 0.800. The summed E-state index contributed by atoms with van der Waals surface area (Å²) < 4.78 is 0. The van der Waals surface area contributed by atoms with E-state index in [4.69, 9.17) is 0 Å². The SMILES string of the molecule is CN(C)c1ccc(/C=C2\C(=O)N=C3N2CCCN3c2ccccc2)cc1. The van der Waals surface area contributed by atoms with Crippen molar-refractivity contribution in [2.24, 2.45) is 4.99 Å². The number of hydrogen-bond donors (Lipinski definition) is 0. The Bertz CT molecular complexity index is 869. The molecule has 2 aromatic carbocycles. The molecule has 1 amide bonds. The molecule has 5 nitrogen and oxygen atoms in total. The molecule has 0 bridgehead atoms. The summed E-state index contributed by atoms with van der Waals surface area (Å²) in [6.07, 6.45) is 2.92. The zero-order chi connectivity index (χ0) is 18.1. The Morgan fingerprint density at radius 3 is 2.35 bits per heavy atom. The van der Waals surface area contributed by atoms with Crippen molar-refractivity contribution in [3.8, 4) is 0 Å². The number of para-hydroxylation sites is 1. The van der Waals surface area contributed by atoms with Gasteiger partial charge in [0.15, 0.2) is 0 Å². The Hall–Kier alpha value is -3.08. The minimum absolute atomic E-state index is 0.167. The molecule has 0 saturated carbocycles. The van der Waals surface area contributed by atoms with Crippen LogP contribution in [0.25, 0.3) is 6.08 Å². The van der Waals surface area contributed by atoms with Crippen molar-refractivity contribution < 1.29 is 4.79 Å². The fourth-order valence-electron chi connectivity index (χ4n) is 3.36. The first-order valence-corrected chi connectivity index (χ1v) is 8.86. The average molecular weight is 346 g/mol. The van der Waals surface area contributed by atoms with Crippen LogP contribution in [-0.2, 0) is 4.79 Å². The summed E-state index contributed by atoms with van der Waals surface area (Å²) in [5.74, 6) is 0.572. The largest absolute Gasteiger partial charge is 0.378 e. The molecule has 5 heteroatoms. The van der Waals surface area contributed by atoms with Crippen LogP contribution in [-0.4, -0.2) is 44.0 Å². The Kier molecular flexibility index (Phi) is 4.21. The molecule has 0 unspecified atom stereocenters. The highest BCUT2D eigenvalue weighted by molar-refractivity contribution is 6.17. The number of carbonyl (C=O) groups excluding carboxylic acids is 1. The van der Waals surface area contributed by atoms with Gasteiger partial charge in [-0.05, 0) is 42.3 Å². The number of guanidine groups is 1. The summed E-state index contributed by atoms with van der Waals surface area (Å²) in [6, 6.07) is 18.3. The minimum atomic E-state index is -0.167. The molecule has 0 atom stereocenters. The van der Waals surface area contributed by atoms with E-state index in [1.165, 1.54) is 0 Å². The molecule has 132 valence electrons. The standard InChI is InChI=1S/C21H22N4O/c1-23(2)17-11-9-16(10-12-17)15-19-20(26)22-21-24(13-6-14-25(19)21)18-7-4-3-5-8-18/h3-5,7-12,15H,6,13-14H2,1-2H3/b19-15+. The van der Waals surface area contributed by atoms with Crippen molar-refractivity contribution in [2.75, 3.05) is 37.0 Å². The van der Waals surface area contributed by atoms with E-state index in [9.17, 15) is 4.79 Å². The molecule has 1 saturated heterocycles. The number of anilines is 2. The Morgan fingerprint density at radius 2 is 1.65 bits per heavy atom. The maximum atomic E-state index is 12.6. The van der Waals surface area contributed by atoms with Gasteiger partial charge in [0.1, 0.15) is 5.70 Å². The third-order valence-corrected chi connectivity index (χ3v) is 4.74. The minimum Gasteiger partial charge on any atom is -0.378 e. The molecule has 2 heterocycles. The maximum Gasteiger partial charge on any atom is 0.296 e. The third kappa shape index (κ3) is 2.96. The summed E-state index contributed by atoms with van der Waals surface area (Å²) in [5.41, 5.74) is 3.86. The summed E-state index contributed by atoms with van der Waals surface area (Å²) in [6.45, 7) is 1.69. The normalized spacial score (nSPS) is 18.2. The van der Waals surface area contributed by atoms with Crippen LogP contribution >= 0.6 is 0 Å². The van der Waals surface area contributed by atoms with Gasteiger partial charge in [-0.15, -0.1) is 0 Å². The third-order valence-electron chi connectivity index (χ3n) is 4.74. The van der Waals surface area contributed by atoms with Crippen molar-refractivity contribution in [3.63, 3.8) is 0 Å². The van der Waals surface area contributed by atoms with E-state index < -0.39 is 0 Å². The molecular weight excluding hydrogens is 324 g/mol. The number of benzene rings is 2. The van der Waals surface area contributed by atoms with Crippen molar-refractivity contribution in [3.05, 3.63) is 65.9 Å². The zero-order valence-corrected chi connectivity index (χ0v) is 15.1. The van der Waals surface area contributed by atoms with Crippen LogP contribution in [0.1, 0.15) is 12.0 Å². The lowest BCUT2D eigenvalue weighted by Gasteiger charge is -2.35. The van der Waals surface area contributed by atoms with Crippen LogP contribution in [0.15, 0.2) is 65.3 Å². The van der Waals surface area contributed by atoms with Gasteiger partial charge in [0.25, 0.3) is 5.91 Å². The van der Waals surface area contributed by atoms with Crippen LogP contribution in [0, 0.1) is 0 Å². The van der Waals surface area contributed by atoms with Crippen LogP contribution in [0.2, 0.25) is 0 Å². The summed E-state index contributed by atoms with van der Waals surface area (Å²) >= 11 is 0. The maximum absolute atomic E-state index is 12.6. The van der Waals surface area contributed by atoms with Crippen molar-refractivity contribution >= 4 is 29.3 Å². The van der Waals surface area contributed by atoms with Gasteiger partial charge in [-0.3, -0.25) is 4.79 Å². The molecular formula is C21H22N4O. The van der Waals surface area contributed by atoms with E-state index in [1.54, 1.807) is 0 Å². The average Bonchev–Trinajstić information content (AvgIpc) is 2.98. The van der Waals surface area contributed by atoms with E-state index in [2.05, 4.69) is 39.1 Å². The first-order chi connectivity index (χ1) is 12.6. The Morgan fingerprint density at radius 1 is 0.962 bits per heavy atom. The molecule has 0 aromatic heterocycles. The van der Waals surface area contributed by atoms with Crippen LogP contribution in [0.5, 0.6) is 0 Å². The molecule has 4 rings (SSSR count). The van der Waals surface area contributed by atoms with Gasteiger partial charge in [-0.25, -0.2) is 0 Å². The number of hydrogen-bond acceptors (Lipinski definition) is 4. The van der Waals surface area contributed by atoms with Gasteiger partial charge in [-0.2, -0.15) is 4.99 Å². The summed E-state index contributed by atoms with van der Waals surface area (Å²) in [5, 5.41) is 0. The number of aliphatic imine (C=N–C) groups is 1. The lowest BCUT2D eigenvalue weighted by Crippen LogP contribution is -2.47. The molecule has 2 aliphatic heterocycles. The number of carbonyl (C=O) groups is 1. The monoisotopic (exact) mass is 346 g/mol. The van der Waals surface area contributed by atoms with Gasteiger partial charge < -0.3 is 14.7 Å². The zero-order valence-electron chi connectivity index (χ0n) is 15.1. The van der Waals surface area contributed by atoms with E-state index in [-0.39, 0.29) is 5.91 Å². The first kappa shape index (κ1) is 16.4. The molecule has 26 heavy (non-hydrogen) atoms. The molecule has 0 radical (unpaired) electrons. The fourth-order valence-corrected chi connectivity index (χ4v) is 3.36. The highest BCUT2D eigenvalue weighted by Crippen LogP contribution is 2.28. The predicted molar refractivity (Wildman–Crippen MR) is 106 cm³/mol. The highest BCUT2D eigenvalue weighted by Gasteiger charge is 2.35. The van der Waals surface area contributed by atoms with Crippen LogP contribution < -0.4 is 9.80 Å². The summed E-state index contributed by atoms with van der Waals surface area (Å²) in [7, 11) is 4.03. The van der Waals surface area contributed by atoms with Gasteiger partial charge in [0.05, 0.1) is 0 Å². The lowest BCUT2D eigenvalue weighted by molar-refractivity contribution is -0.114. The second-order valence-electron chi connectivity index (χ2n) is 6.72. The first-order valence-electron chi connectivity index (χ1n) is 8.86. The number of fused-ring (bicyclic) bond motifs is 1. The van der Waals surface area contributed by atoms with E-state index in [1.807, 2.05) is 55.4 Å². The fraction of sp³-hybridized carbons (Fsp3) is 0.238. The molecule has 0 N–H and O–H groups in total. The van der Waals surface area contributed by atoms with E-state index >= 15 is 0 Å². The van der Waals surface area contributed by atoms with Gasteiger partial charge in [0.2, 0.25) is 5.96 Å². The Labute approximate surface area is 153 Å². The number of rotatable bonds is 3. The molecule has 1 fully saturated rings. The second kappa shape index (κ2) is 6.67. The van der Waals surface area contributed by atoms with Gasteiger partial charge >= 0.3 is 0 Å². The number of nitrogens with zero attached hydrogens (tertiary/aromatic N) is 4. The predicted octanol–water partition coefficient (Wildman–Crippen LogP) is 3.20. The Balaban J connectivity index is 1.63. The van der Waals surface area contributed by atoms with Gasteiger partial charge in [-0.1, -0.05) is 30.3 Å². The second-order valence-corrected chi connectivity index (χ2v) is 6.72. The van der Waals surface area contributed by atoms with Crippen LogP contribution in [0.3, 0.4) is 0 Å². The lowest BCUT2D eigenvalue weighted by atomic mass is 10.1. The van der Waals surface area contributed by atoms with Crippen LogP contribution in [0.4, 0.5) is 11.4 Å². The van der Waals surface area contributed by atoms with Gasteiger partial charge in [0, 0.05) is 38.6 Å². The van der Waals surface area contributed by atoms with Crippen molar-refractivity contribution in [2.45, 2.75) is 6.42 Å². The molecule has 2 aliphatic rings. The molecule has 2 aromatic rings.